The highest BCUT2D eigenvalue weighted by molar-refractivity contribution is 7.95. The van der Waals surface area contributed by atoms with Gasteiger partial charge in [0.2, 0.25) is 0 Å². The first kappa shape index (κ1) is 24.0. The zero-order valence-electron chi connectivity index (χ0n) is 14.6. The zero-order chi connectivity index (χ0) is 22.4. The molecule has 0 aliphatic rings. The molecule has 16 heteroatoms. The van der Waals surface area contributed by atoms with E-state index in [-0.39, 0.29) is 32.7 Å². The van der Waals surface area contributed by atoms with E-state index < -0.39 is 32.6 Å². The van der Waals surface area contributed by atoms with Crippen LogP contribution < -0.4 is 0 Å². The SMILES string of the molecule is O=S(=O)(O)OCCS(=O)(=O)c1ccc(/N=N/c2ccc(O)cc2O)c(SOOO)c1. The summed E-state index contributed by atoms with van der Waals surface area (Å²) in [4.78, 5) is -0.264. The molecule has 0 aromatic heterocycles. The minimum atomic E-state index is -4.79. The number of hydrogen-bond acceptors (Lipinski definition) is 13. The molecule has 13 nitrogen and oxygen atoms in total. The fraction of sp³-hybridized carbons (Fsp3) is 0.143. The summed E-state index contributed by atoms with van der Waals surface area (Å²) >= 11 is 0.387. The summed E-state index contributed by atoms with van der Waals surface area (Å²) in [5.41, 5.74) is 0.0554. The Hall–Kier alpha value is -2.31. The summed E-state index contributed by atoms with van der Waals surface area (Å²) in [6.07, 6.45) is 0. The minimum absolute atomic E-state index is 0.00198. The maximum absolute atomic E-state index is 12.3. The third kappa shape index (κ3) is 7.18. The van der Waals surface area contributed by atoms with Gasteiger partial charge < -0.3 is 10.2 Å². The van der Waals surface area contributed by atoms with Gasteiger partial charge in [-0.1, -0.05) is 5.04 Å². The number of benzene rings is 2. The molecule has 4 N–H and O–H groups in total. The van der Waals surface area contributed by atoms with Gasteiger partial charge in [-0.15, -0.1) is 14.6 Å². The van der Waals surface area contributed by atoms with Gasteiger partial charge in [0.1, 0.15) is 22.9 Å². The van der Waals surface area contributed by atoms with Crippen LogP contribution in [0.1, 0.15) is 0 Å². The molecule has 2 aromatic carbocycles. The van der Waals surface area contributed by atoms with Crippen molar-refractivity contribution in [1.29, 1.82) is 0 Å². The van der Waals surface area contributed by atoms with Gasteiger partial charge in [0.25, 0.3) is 0 Å². The second-order valence-corrected chi connectivity index (χ2v) is 9.24. The van der Waals surface area contributed by atoms with E-state index in [4.69, 9.17) is 9.81 Å². The summed E-state index contributed by atoms with van der Waals surface area (Å²) in [5.74, 6) is -1.32. The summed E-state index contributed by atoms with van der Waals surface area (Å²) in [7, 11) is -8.83. The van der Waals surface area contributed by atoms with E-state index in [1.165, 1.54) is 18.2 Å². The lowest BCUT2D eigenvalue weighted by molar-refractivity contribution is -0.432. The Bertz CT molecular complexity index is 1130. The Morgan fingerprint density at radius 2 is 1.63 bits per heavy atom. The molecule has 0 heterocycles. The van der Waals surface area contributed by atoms with Gasteiger partial charge in [0, 0.05) is 6.07 Å². The molecular weight excluding hydrogens is 468 g/mol. The van der Waals surface area contributed by atoms with E-state index in [0.29, 0.717) is 12.0 Å². The smallest absolute Gasteiger partial charge is 0.397 e. The Labute approximate surface area is 174 Å². The Balaban J connectivity index is 2.30. The van der Waals surface area contributed by atoms with Crippen molar-refractivity contribution in [1.82, 2.24) is 0 Å². The third-order valence-electron chi connectivity index (χ3n) is 3.25. The summed E-state index contributed by atoms with van der Waals surface area (Å²) < 4.78 is 62.5. The Morgan fingerprint density at radius 3 is 2.27 bits per heavy atom. The summed E-state index contributed by atoms with van der Waals surface area (Å²) in [6, 6.07) is 7.02. The molecular formula is C14H14N2O11S3. The van der Waals surface area contributed by atoms with Crippen molar-refractivity contribution in [2.45, 2.75) is 9.79 Å². The molecule has 164 valence electrons. The van der Waals surface area contributed by atoms with Gasteiger partial charge in [-0.2, -0.15) is 8.42 Å². The lowest BCUT2D eigenvalue weighted by Crippen LogP contribution is -2.15. The summed E-state index contributed by atoms with van der Waals surface area (Å²) in [5, 5.41) is 38.5. The van der Waals surface area contributed by atoms with Crippen LogP contribution in [-0.4, -0.2) is 49.2 Å². The van der Waals surface area contributed by atoms with Crippen molar-refractivity contribution in [2.24, 2.45) is 10.2 Å². The van der Waals surface area contributed by atoms with Crippen molar-refractivity contribution in [3.8, 4) is 11.5 Å². The van der Waals surface area contributed by atoms with E-state index >= 15 is 0 Å². The molecule has 30 heavy (non-hydrogen) atoms. The number of nitrogens with zero attached hydrogens (tertiary/aromatic N) is 2. The molecule has 0 spiro atoms. The molecule has 0 bridgehead atoms. The number of hydrogen-bond donors (Lipinski definition) is 4. The lowest BCUT2D eigenvalue weighted by atomic mass is 10.3. The van der Waals surface area contributed by atoms with Crippen LogP contribution in [0, 0.1) is 0 Å². The Kier molecular flexibility index (Phi) is 8.10. The van der Waals surface area contributed by atoms with Gasteiger partial charge in [0.05, 0.1) is 34.2 Å². The van der Waals surface area contributed by atoms with Crippen LogP contribution in [0.4, 0.5) is 11.4 Å². The number of phenols is 2. The predicted molar refractivity (Wildman–Crippen MR) is 101 cm³/mol. The number of azo groups is 1. The van der Waals surface area contributed by atoms with Crippen molar-refractivity contribution in [2.75, 3.05) is 12.4 Å². The third-order valence-corrected chi connectivity index (χ3v) is 6.03. The molecule has 0 fully saturated rings. The second-order valence-electron chi connectivity index (χ2n) is 5.30. The molecule has 0 aliphatic carbocycles. The van der Waals surface area contributed by atoms with Gasteiger partial charge in [0.15, 0.2) is 9.84 Å². The van der Waals surface area contributed by atoms with Gasteiger partial charge in [-0.25, -0.2) is 17.9 Å². The van der Waals surface area contributed by atoms with Crippen molar-refractivity contribution in [3.63, 3.8) is 0 Å². The van der Waals surface area contributed by atoms with Crippen molar-refractivity contribution in [3.05, 3.63) is 36.4 Å². The molecule has 0 amide bonds. The molecule has 0 atom stereocenters. The number of aromatic hydroxyl groups is 2. The monoisotopic (exact) mass is 482 g/mol. The van der Waals surface area contributed by atoms with Crippen LogP contribution in [-0.2, 0) is 33.8 Å². The average Bonchev–Trinajstić information content (AvgIpc) is 2.64. The normalized spacial score (nSPS) is 12.5. The van der Waals surface area contributed by atoms with Gasteiger partial charge >= 0.3 is 10.4 Å². The number of phenolic OH excluding ortho intramolecular Hbond substituents is 2. The fourth-order valence-electron chi connectivity index (χ4n) is 1.96. The van der Waals surface area contributed by atoms with E-state index in [1.807, 2.05) is 0 Å². The van der Waals surface area contributed by atoms with E-state index in [0.717, 1.165) is 18.2 Å². The quantitative estimate of drug-likeness (QED) is 0.127. The van der Waals surface area contributed by atoms with E-state index in [1.54, 1.807) is 0 Å². The van der Waals surface area contributed by atoms with Crippen LogP contribution in [0.25, 0.3) is 0 Å². The molecule has 2 aromatic rings. The van der Waals surface area contributed by atoms with E-state index in [9.17, 15) is 27.0 Å². The van der Waals surface area contributed by atoms with Crippen LogP contribution in [0.3, 0.4) is 0 Å². The molecule has 0 saturated carbocycles. The molecule has 0 aliphatic heterocycles. The highest BCUT2D eigenvalue weighted by atomic mass is 32.3. The second kappa shape index (κ2) is 10.1. The molecule has 0 radical (unpaired) electrons. The number of rotatable bonds is 10. The maximum atomic E-state index is 12.3. The van der Waals surface area contributed by atoms with Crippen LogP contribution >= 0.6 is 12.0 Å². The molecule has 0 saturated heterocycles. The predicted octanol–water partition coefficient (Wildman–Crippen LogP) is 2.53. The first-order valence-corrected chi connectivity index (χ1v) is 11.3. The summed E-state index contributed by atoms with van der Waals surface area (Å²) in [6.45, 7) is -0.818. The van der Waals surface area contributed by atoms with Crippen LogP contribution in [0.5, 0.6) is 11.5 Å². The fourth-order valence-corrected chi connectivity index (χ4v) is 4.02. The molecule has 2 rings (SSSR count). The molecule has 0 unspecified atom stereocenters. The lowest BCUT2D eigenvalue weighted by Gasteiger charge is -2.08. The first-order valence-electron chi connectivity index (χ1n) is 7.59. The minimum Gasteiger partial charge on any atom is -0.508 e. The van der Waals surface area contributed by atoms with Crippen LogP contribution in [0.2, 0.25) is 0 Å². The van der Waals surface area contributed by atoms with Gasteiger partial charge in [-0.05, 0) is 30.3 Å². The highest BCUT2D eigenvalue weighted by Gasteiger charge is 2.19. The largest absolute Gasteiger partial charge is 0.508 e. The Morgan fingerprint density at radius 1 is 0.967 bits per heavy atom. The first-order chi connectivity index (χ1) is 14.0. The van der Waals surface area contributed by atoms with Crippen LogP contribution in [0.15, 0.2) is 56.4 Å². The topological polar surface area (TPSA) is 202 Å². The maximum Gasteiger partial charge on any atom is 0.397 e. The van der Waals surface area contributed by atoms with Crippen molar-refractivity contribution >= 4 is 43.7 Å². The standard InChI is InChI=1S/C14H14N2O11S3/c17-9-1-3-11(13(18)7-9)15-16-12-4-2-10(8-14(12)28-27-26-19)29(20,21)6-5-25-30(22,23)24/h1-4,7-8,17-19H,5-6H2,(H,22,23,24)/b16-15+. The average molecular weight is 482 g/mol. The van der Waals surface area contributed by atoms with Gasteiger partial charge in [-0.3, -0.25) is 4.55 Å². The number of sulfone groups is 1. The highest BCUT2D eigenvalue weighted by Crippen LogP contribution is 2.36. The van der Waals surface area contributed by atoms with E-state index in [2.05, 4.69) is 23.8 Å². The zero-order valence-corrected chi connectivity index (χ0v) is 17.1. The van der Waals surface area contributed by atoms with Crippen molar-refractivity contribution < 1.29 is 50.4 Å².